The molecule has 0 bridgehead atoms. The van der Waals surface area contributed by atoms with Crippen molar-refractivity contribution >= 4 is 0 Å². The number of aryl methyl sites for hydroxylation is 1. The fraction of sp³-hybridized carbons (Fsp3) is 0.611. The van der Waals surface area contributed by atoms with Crippen molar-refractivity contribution in [1.29, 1.82) is 0 Å². The van der Waals surface area contributed by atoms with Crippen molar-refractivity contribution in [3.05, 3.63) is 76.9 Å². The number of hydrogen-bond donors (Lipinski definition) is 0. The number of rotatable bonds is 13. The fourth-order valence-corrected chi connectivity index (χ4v) is 6.75. The minimum Gasteiger partial charge on any atom is -0.490 e. The number of allylic oxidation sites excluding steroid dienone is 2. The molecule has 0 aliphatic heterocycles. The van der Waals surface area contributed by atoms with Gasteiger partial charge < -0.3 is 4.74 Å². The molecule has 0 amide bonds. The molecular weight excluding hydrogens is 486 g/mol. The van der Waals surface area contributed by atoms with Gasteiger partial charge in [0.05, 0.1) is 6.61 Å². The van der Waals surface area contributed by atoms with E-state index in [4.69, 9.17) is 4.74 Å². The summed E-state index contributed by atoms with van der Waals surface area (Å²) in [5.74, 6) is 0.798. The third-order valence-electron chi connectivity index (χ3n) is 9.27. The van der Waals surface area contributed by atoms with Gasteiger partial charge in [-0.25, -0.2) is 4.39 Å². The maximum absolute atomic E-state index is 14.7. The van der Waals surface area contributed by atoms with E-state index in [1.54, 1.807) is 12.1 Å². The lowest BCUT2D eigenvalue weighted by atomic mass is 9.76. The van der Waals surface area contributed by atoms with Crippen molar-refractivity contribution in [3.8, 4) is 5.75 Å². The Morgan fingerprint density at radius 3 is 2.18 bits per heavy atom. The Morgan fingerprint density at radius 1 is 0.769 bits per heavy atom. The van der Waals surface area contributed by atoms with Gasteiger partial charge in [0, 0.05) is 0 Å². The van der Waals surface area contributed by atoms with E-state index in [0.29, 0.717) is 18.1 Å². The largest absolute Gasteiger partial charge is 0.490 e. The Morgan fingerprint density at radius 2 is 1.49 bits per heavy atom. The van der Waals surface area contributed by atoms with Gasteiger partial charge in [0.15, 0.2) is 11.6 Å². The second-order valence-electron chi connectivity index (χ2n) is 12.2. The minimum absolute atomic E-state index is 0.0406. The summed E-state index contributed by atoms with van der Waals surface area (Å²) in [6.07, 6.45) is 22.5. The van der Waals surface area contributed by atoms with Crippen LogP contribution >= 0.6 is 0 Å². The first-order valence-corrected chi connectivity index (χ1v) is 15.9. The number of unbranched alkanes of at least 4 members (excludes halogenated alkanes) is 2. The van der Waals surface area contributed by atoms with E-state index in [1.807, 2.05) is 6.92 Å². The molecule has 214 valence electrons. The zero-order valence-electron chi connectivity index (χ0n) is 24.4. The van der Waals surface area contributed by atoms with Gasteiger partial charge in [-0.05, 0) is 130 Å². The SMILES string of the molecule is CCCCCc1ccc(C2CCC(C=CCCC3CCC(c4ccc(OCCC)c(F)c4F)CC3)CC2)cc1. The molecule has 0 heterocycles. The first kappa shape index (κ1) is 29.8. The first-order valence-electron chi connectivity index (χ1n) is 15.9. The van der Waals surface area contributed by atoms with Gasteiger partial charge in [-0.2, -0.15) is 4.39 Å². The van der Waals surface area contributed by atoms with Gasteiger partial charge in [-0.3, -0.25) is 0 Å². The summed E-state index contributed by atoms with van der Waals surface area (Å²) in [4.78, 5) is 0. The summed E-state index contributed by atoms with van der Waals surface area (Å²) >= 11 is 0. The highest BCUT2D eigenvalue weighted by Crippen LogP contribution is 2.40. The van der Waals surface area contributed by atoms with Gasteiger partial charge in [0.2, 0.25) is 5.82 Å². The Balaban J connectivity index is 1.14. The number of halogens is 2. The third kappa shape index (κ3) is 8.66. The van der Waals surface area contributed by atoms with Gasteiger partial charge in [0.1, 0.15) is 0 Å². The molecular formula is C36H50F2O. The molecule has 0 spiro atoms. The number of ether oxygens (including phenoxy) is 1. The van der Waals surface area contributed by atoms with Crippen LogP contribution < -0.4 is 4.74 Å². The van der Waals surface area contributed by atoms with Crippen molar-refractivity contribution in [2.24, 2.45) is 11.8 Å². The van der Waals surface area contributed by atoms with Crippen molar-refractivity contribution < 1.29 is 13.5 Å². The summed E-state index contributed by atoms with van der Waals surface area (Å²) in [6, 6.07) is 12.9. The van der Waals surface area contributed by atoms with Crippen molar-refractivity contribution in [1.82, 2.24) is 0 Å². The molecule has 2 saturated carbocycles. The van der Waals surface area contributed by atoms with Gasteiger partial charge in [-0.1, -0.05) is 69.2 Å². The van der Waals surface area contributed by atoms with E-state index >= 15 is 0 Å². The van der Waals surface area contributed by atoms with Crippen LogP contribution in [-0.4, -0.2) is 6.61 Å². The molecule has 2 aliphatic carbocycles. The Hall–Kier alpha value is -2.16. The van der Waals surface area contributed by atoms with Crippen LogP contribution in [-0.2, 0) is 6.42 Å². The van der Waals surface area contributed by atoms with Gasteiger partial charge in [-0.15, -0.1) is 0 Å². The standard InChI is InChI=1S/C36H50F2O/c1-3-5-6-9-27-12-18-30(19-13-27)31-20-14-28(15-21-31)10-7-8-11-29-16-22-32(23-17-29)33-24-25-34(39-26-4-2)36(38)35(33)37/h7,10,12-13,18-19,24-25,28-29,31-32H,3-6,8-9,11,14-17,20-23,26H2,1-2H3. The normalized spacial score (nSPS) is 23.8. The molecule has 0 aromatic heterocycles. The molecule has 2 aromatic rings. The average molecular weight is 537 g/mol. The lowest BCUT2D eigenvalue weighted by Crippen LogP contribution is -2.15. The molecule has 39 heavy (non-hydrogen) atoms. The predicted octanol–water partition coefficient (Wildman–Crippen LogP) is 11.1. The van der Waals surface area contributed by atoms with E-state index < -0.39 is 11.6 Å². The van der Waals surface area contributed by atoms with Gasteiger partial charge in [0.25, 0.3) is 0 Å². The maximum atomic E-state index is 14.7. The highest BCUT2D eigenvalue weighted by atomic mass is 19.2. The molecule has 1 nitrogen and oxygen atoms in total. The van der Waals surface area contributed by atoms with Crippen LogP contribution in [0.1, 0.15) is 132 Å². The second-order valence-corrected chi connectivity index (χ2v) is 12.2. The monoisotopic (exact) mass is 536 g/mol. The Kier molecular flexibility index (Phi) is 11.9. The second kappa shape index (κ2) is 15.6. The fourth-order valence-electron chi connectivity index (χ4n) is 6.75. The van der Waals surface area contributed by atoms with Crippen LogP contribution in [0.3, 0.4) is 0 Å². The van der Waals surface area contributed by atoms with E-state index in [1.165, 1.54) is 68.9 Å². The minimum atomic E-state index is -0.821. The topological polar surface area (TPSA) is 9.23 Å². The van der Waals surface area contributed by atoms with E-state index in [0.717, 1.165) is 50.4 Å². The van der Waals surface area contributed by atoms with E-state index in [2.05, 4.69) is 43.3 Å². The molecule has 0 unspecified atom stereocenters. The highest BCUT2D eigenvalue weighted by Gasteiger charge is 2.26. The maximum Gasteiger partial charge on any atom is 0.200 e. The Labute approximate surface area is 236 Å². The highest BCUT2D eigenvalue weighted by molar-refractivity contribution is 5.33. The molecule has 0 N–H and O–H groups in total. The Bertz CT molecular complexity index is 1010. The number of hydrogen-bond acceptors (Lipinski definition) is 1. The van der Waals surface area contributed by atoms with Crippen LogP contribution in [0.2, 0.25) is 0 Å². The average Bonchev–Trinajstić information content (AvgIpc) is 2.97. The smallest absolute Gasteiger partial charge is 0.200 e. The summed E-state index contributed by atoms with van der Waals surface area (Å²) in [5, 5.41) is 0. The van der Waals surface area contributed by atoms with Crippen molar-refractivity contribution in [2.75, 3.05) is 6.61 Å². The van der Waals surface area contributed by atoms with E-state index in [-0.39, 0.29) is 11.7 Å². The quantitative estimate of drug-likeness (QED) is 0.183. The third-order valence-corrected chi connectivity index (χ3v) is 9.27. The predicted molar refractivity (Wildman–Crippen MR) is 160 cm³/mol. The van der Waals surface area contributed by atoms with Crippen molar-refractivity contribution in [3.63, 3.8) is 0 Å². The van der Waals surface area contributed by atoms with Crippen LogP contribution in [0.4, 0.5) is 8.78 Å². The summed E-state index contributed by atoms with van der Waals surface area (Å²) in [7, 11) is 0. The van der Waals surface area contributed by atoms with Gasteiger partial charge >= 0.3 is 0 Å². The molecule has 2 aromatic carbocycles. The lowest BCUT2D eigenvalue weighted by Gasteiger charge is -2.29. The molecule has 3 heteroatoms. The van der Waals surface area contributed by atoms with E-state index in [9.17, 15) is 8.78 Å². The summed E-state index contributed by atoms with van der Waals surface area (Å²) in [6.45, 7) is 4.63. The molecule has 4 rings (SSSR count). The number of benzene rings is 2. The summed E-state index contributed by atoms with van der Waals surface area (Å²) < 4.78 is 34.5. The lowest BCUT2D eigenvalue weighted by molar-refractivity contribution is 0.288. The van der Waals surface area contributed by atoms with Crippen molar-refractivity contribution in [2.45, 2.75) is 122 Å². The summed E-state index contributed by atoms with van der Waals surface area (Å²) in [5.41, 5.74) is 3.56. The van der Waals surface area contributed by atoms with Crippen LogP contribution in [0.25, 0.3) is 0 Å². The zero-order chi connectivity index (χ0) is 27.5. The first-order chi connectivity index (χ1) is 19.1. The molecule has 0 saturated heterocycles. The molecule has 0 atom stereocenters. The molecule has 2 aliphatic rings. The molecule has 0 radical (unpaired) electrons. The van der Waals surface area contributed by atoms with Crippen LogP contribution in [0.15, 0.2) is 48.6 Å². The van der Waals surface area contributed by atoms with Crippen LogP contribution in [0.5, 0.6) is 5.75 Å². The molecule has 2 fully saturated rings. The zero-order valence-corrected chi connectivity index (χ0v) is 24.4. The van der Waals surface area contributed by atoms with Crippen LogP contribution in [0, 0.1) is 23.5 Å².